The fraction of sp³-hybridized carbons (Fsp3) is 0.400. The third-order valence-corrected chi connectivity index (χ3v) is 8.44. The second-order valence-electron chi connectivity index (χ2n) is 10.9. The van der Waals surface area contributed by atoms with E-state index < -0.39 is 0 Å². The molecule has 0 heterocycles. The molecule has 4 aliphatic rings. The second-order valence-corrected chi connectivity index (χ2v) is 10.9. The minimum Gasteiger partial charge on any atom is -0.457 e. The van der Waals surface area contributed by atoms with Gasteiger partial charge in [-0.25, -0.2) is 0 Å². The number of hydrogen-bond acceptors (Lipinski definition) is 4. The summed E-state index contributed by atoms with van der Waals surface area (Å²) in [5.74, 6) is 7.21. The molecule has 0 radical (unpaired) electrons. The van der Waals surface area contributed by atoms with E-state index in [2.05, 4.69) is 25.1 Å². The summed E-state index contributed by atoms with van der Waals surface area (Å²) < 4.78 is 12.9. The summed E-state index contributed by atoms with van der Waals surface area (Å²) in [6.07, 6.45) is 6.94. The zero-order chi connectivity index (χ0) is 23.4. The molecule has 0 aliphatic heterocycles. The Labute approximate surface area is 202 Å². The first-order chi connectivity index (χ1) is 16.4. The maximum atomic E-state index is 6.63. The summed E-state index contributed by atoms with van der Waals surface area (Å²) in [6.45, 7) is 4.10. The zero-order valence-corrected chi connectivity index (χ0v) is 20.1. The molecule has 0 aromatic heterocycles. The van der Waals surface area contributed by atoms with Crippen LogP contribution in [0.1, 0.15) is 54.7 Å². The summed E-state index contributed by atoms with van der Waals surface area (Å²) in [5, 5.41) is 0. The molecule has 0 saturated heterocycles. The second kappa shape index (κ2) is 8.26. The van der Waals surface area contributed by atoms with Crippen LogP contribution in [0.4, 0.5) is 11.4 Å². The Kier molecular flexibility index (Phi) is 5.20. The predicted octanol–water partition coefficient (Wildman–Crippen LogP) is 7.59. The molecule has 0 atom stereocenters. The quantitative estimate of drug-likeness (QED) is 0.390. The summed E-state index contributed by atoms with van der Waals surface area (Å²) >= 11 is 0. The molecular weight excluding hydrogens is 420 g/mol. The summed E-state index contributed by atoms with van der Waals surface area (Å²) in [6, 6.07) is 18.0. The largest absolute Gasteiger partial charge is 0.457 e. The molecule has 4 aliphatic carbocycles. The van der Waals surface area contributed by atoms with Crippen molar-refractivity contribution in [2.24, 2.45) is 23.7 Å². The van der Waals surface area contributed by atoms with Gasteiger partial charge in [-0.2, -0.15) is 0 Å². The van der Waals surface area contributed by atoms with Gasteiger partial charge in [0.05, 0.1) is 0 Å². The molecule has 34 heavy (non-hydrogen) atoms. The third-order valence-electron chi connectivity index (χ3n) is 8.44. The van der Waals surface area contributed by atoms with Crippen LogP contribution in [0.2, 0.25) is 0 Å². The molecule has 0 amide bonds. The Balaban J connectivity index is 1.39. The molecule has 4 fully saturated rings. The summed E-state index contributed by atoms with van der Waals surface area (Å²) in [4.78, 5) is 0. The number of benzene rings is 3. The smallest absolute Gasteiger partial charge is 0.134 e. The Morgan fingerprint density at radius 2 is 1.18 bits per heavy atom. The van der Waals surface area contributed by atoms with Gasteiger partial charge in [0.25, 0.3) is 0 Å². The monoisotopic (exact) mass is 454 g/mol. The minimum atomic E-state index is 0.562. The normalized spacial score (nSPS) is 27.1. The molecule has 4 bridgehead atoms. The lowest BCUT2D eigenvalue weighted by Crippen LogP contribution is -2.43. The molecule has 4 heteroatoms. The highest BCUT2D eigenvalue weighted by atomic mass is 16.5. The van der Waals surface area contributed by atoms with Crippen molar-refractivity contribution in [3.8, 4) is 23.0 Å². The van der Waals surface area contributed by atoms with E-state index in [1.54, 1.807) is 0 Å². The van der Waals surface area contributed by atoms with Crippen molar-refractivity contribution >= 4 is 11.4 Å². The first-order valence-electron chi connectivity index (χ1n) is 12.6. The highest BCUT2D eigenvalue weighted by molar-refractivity contribution is 5.54. The maximum absolute atomic E-state index is 6.63. The van der Waals surface area contributed by atoms with Gasteiger partial charge in [0.2, 0.25) is 0 Å². The van der Waals surface area contributed by atoms with Crippen molar-refractivity contribution in [2.45, 2.75) is 51.9 Å². The number of rotatable bonds is 5. The van der Waals surface area contributed by atoms with Gasteiger partial charge in [0, 0.05) is 29.6 Å². The molecule has 176 valence electrons. The molecule has 7 rings (SSSR count). The average Bonchev–Trinajstić information content (AvgIpc) is 2.79. The summed E-state index contributed by atoms with van der Waals surface area (Å²) in [7, 11) is 0. The fourth-order valence-corrected chi connectivity index (χ4v) is 7.07. The molecular formula is C30H34N2O2. The van der Waals surface area contributed by atoms with E-state index in [1.165, 1.54) is 37.7 Å². The molecule has 4 saturated carbocycles. The number of nitrogen functional groups attached to an aromatic ring is 2. The van der Waals surface area contributed by atoms with Gasteiger partial charge in [0.1, 0.15) is 23.0 Å². The van der Waals surface area contributed by atoms with E-state index in [0.717, 1.165) is 57.8 Å². The molecule has 0 unspecified atom stereocenters. The predicted molar refractivity (Wildman–Crippen MR) is 138 cm³/mol. The summed E-state index contributed by atoms with van der Waals surface area (Å²) in [5.41, 5.74) is 17.0. The van der Waals surface area contributed by atoms with Gasteiger partial charge in [-0.3, -0.25) is 0 Å². The molecule has 0 spiro atoms. The standard InChI is InChI=1S/C30H34N2O2/c1-17-3-5-23(31)14-27(17)33-25-7-8-26(29(16-25)34-28-15-24(32)6-4-18(28)2)30-21-10-19-9-20(12-21)13-22(30)11-19/h3-8,14-16,19-22,30H,9-13,31-32H2,1-2H3. The van der Waals surface area contributed by atoms with Gasteiger partial charge >= 0.3 is 0 Å². The van der Waals surface area contributed by atoms with Gasteiger partial charge in [0.15, 0.2) is 0 Å². The van der Waals surface area contributed by atoms with Crippen molar-refractivity contribution < 1.29 is 9.47 Å². The lowest BCUT2D eigenvalue weighted by Gasteiger charge is -2.54. The highest BCUT2D eigenvalue weighted by Gasteiger charge is 2.49. The van der Waals surface area contributed by atoms with Crippen molar-refractivity contribution in [2.75, 3.05) is 11.5 Å². The van der Waals surface area contributed by atoms with Crippen LogP contribution in [-0.4, -0.2) is 0 Å². The first kappa shape index (κ1) is 21.4. The Morgan fingerprint density at radius 3 is 1.76 bits per heavy atom. The van der Waals surface area contributed by atoms with Crippen LogP contribution >= 0.6 is 0 Å². The Hall–Kier alpha value is -3.14. The van der Waals surface area contributed by atoms with Crippen LogP contribution in [0.15, 0.2) is 54.6 Å². The minimum absolute atomic E-state index is 0.562. The average molecular weight is 455 g/mol. The maximum Gasteiger partial charge on any atom is 0.134 e. The lowest BCUT2D eigenvalue weighted by molar-refractivity contribution is -0.00337. The van der Waals surface area contributed by atoms with Crippen molar-refractivity contribution in [1.82, 2.24) is 0 Å². The van der Waals surface area contributed by atoms with Gasteiger partial charge < -0.3 is 20.9 Å². The van der Waals surface area contributed by atoms with Crippen LogP contribution < -0.4 is 20.9 Å². The van der Waals surface area contributed by atoms with E-state index in [9.17, 15) is 0 Å². The van der Waals surface area contributed by atoms with Crippen LogP contribution in [0, 0.1) is 37.5 Å². The fourth-order valence-electron chi connectivity index (χ4n) is 7.07. The van der Waals surface area contributed by atoms with Gasteiger partial charge in [-0.05, 0) is 110 Å². The number of nitrogens with two attached hydrogens (primary N) is 2. The topological polar surface area (TPSA) is 70.5 Å². The number of aryl methyl sites for hydroxylation is 2. The SMILES string of the molecule is Cc1ccc(N)cc1Oc1ccc(C2C3CC4CC(C3)CC2C4)c(Oc2cc(N)ccc2C)c1. The molecule has 4 nitrogen and oxygen atoms in total. The van der Waals surface area contributed by atoms with E-state index in [1.807, 2.05) is 43.3 Å². The van der Waals surface area contributed by atoms with Gasteiger partial charge in [-0.15, -0.1) is 0 Å². The number of hydrogen-bond donors (Lipinski definition) is 2. The van der Waals surface area contributed by atoms with E-state index in [0.29, 0.717) is 17.3 Å². The Bertz CT molecular complexity index is 1210. The van der Waals surface area contributed by atoms with Gasteiger partial charge in [-0.1, -0.05) is 18.2 Å². The first-order valence-corrected chi connectivity index (χ1v) is 12.6. The van der Waals surface area contributed by atoms with Crippen LogP contribution in [-0.2, 0) is 0 Å². The van der Waals surface area contributed by atoms with Crippen molar-refractivity contribution in [1.29, 1.82) is 0 Å². The molecule has 4 N–H and O–H groups in total. The van der Waals surface area contributed by atoms with Crippen molar-refractivity contribution in [3.63, 3.8) is 0 Å². The van der Waals surface area contributed by atoms with Crippen molar-refractivity contribution in [3.05, 3.63) is 71.3 Å². The van der Waals surface area contributed by atoms with E-state index in [-0.39, 0.29) is 0 Å². The Morgan fingerprint density at radius 1 is 0.618 bits per heavy atom. The van der Waals surface area contributed by atoms with Crippen LogP contribution in [0.5, 0.6) is 23.0 Å². The van der Waals surface area contributed by atoms with E-state index >= 15 is 0 Å². The number of ether oxygens (including phenoxy) is 2. The van der Waals surface area contributed by atoms with Crippen LogP contribution in [0.3, 0.4) is 0 Å². The van der Waals surface area contributed by atoms with E-state index in [4.69, 9.17) is 20.9 Å². The highest BCUT2D eigenvalue weighted by Crippen LogP contribution is 2.61. The third kappa shape index (κ3) is 3.89. The zero-order valence-electron chi connectivity index (χ0n) is 20.1. The number of anilines is 2. The van der Waals surface area contributed by atoms with Crippen LogP contribution in [0.25, 0.3) is 0 Å². The lowest BCUT2D eigenvalue weighted by atomic mass is 9.50. The molecule has 3 aromatic rings. The molecule has 3 aromatic carbocycles.